The molecular formula is C23H30N4O3. The number of nitrogens with zero attached hydrogens (tertiary/aromatic N) is 3. The van der Waals surface area contributed by atoms with Crippen LogP contribution in [0.2, 0.25) is 0 Å². The molecule has 7 nitrogen and oxygen atoms in total. The molecule has 2 aromatic heterocycles. The average molecular weight is 411 g/mol. The second-order valence-corrected chi connectivity index (χ2v) is 8.14. The zero-order valence-electron chi connectivity index (χ0n) is 17.8. The van der Waals surface area contributed by atoms with E-state index in [1.807, 2.05) is 31.2 Å². The molecule has 0 spiro atoms. The van der Waals surface area contributed by atoms with Crippen molar-refractivity contribution in [3.05, 3.63) is 56.5 Å². The highest BCUT2D eigenvalue weighted by molar-refractivity contribution is 5.70. The molecule has 1 aliphatic carbocycles. The average Bonchev–Trinajstić information content (AvgIpc) is 3.44. The summed E-state index contributed by atoms with van der Waals surface area (Å²) in [5.41, 5.74) is 1.66. The molecule has 4 rings (SSSR count). The number of aromatic nitrogens is 4. The maximum Gasteiger partial charge on any atom is 0.332 e. The topological polar surface area (TPSA) is 81.9 Å². The molecule has 0 bridgehead atoms. The maximum atomic E-state index is 13.1. The van der Waals surface area contributed by atoms with Gasteiger partial charge in [-0.05, 0) is 49.8 Å². The van der Waals surface area contributed by atoms with Crippen LogP contribution in [0.4, 0.5) is 0 Å². The number of H-pyrrole nitrogens is 1. The van der Waals surface area contributed by atoms with E-state index in [0.29, 0.717) is 30.2 Å². The number of imidazole rings is 1. The summed E-state index contributed by atoms with van der Waals surface area (Å²) in [5.74, 6) is 2.05. The minimum absolute atomic E-state index is 0.250. The van der Waals surface area contributed by atoms with Gasteiger partial charge in [0.15, 0.2) is 5.65 Å². The third kappa shape index (κ3) is 3.93. The van der Waals surface area contributed by atoms with Gasteiger partial charge >= 0.3 is 5.69 Å². The number of benzene rings is 1. The summed E-state index contributed by atoms with van der Waals surface area (Å²) >= 11 is 0. The van der Waals surface area contributed by atoms with Crippen molar-refractivity contribution in [3.8, 4) is 5.75 Å². The molecule has 0 aliphatic heterocycles. The van der Waals surface area contributed by atoms with Crippen LogP contribution >= 0.6 is 0 Å². The minimum Gasteiger partial charge on any atom is -0.497 e. The SMILES string of the molecule is CCCn1c(=O)c2[nH]c(C3CCCC3)nc2n(CCCc2ccc(OC)cc2)c1=O. The second kappa shape index (κ2) is 8.90. The van der Waals surface area contributed by atoms with Crippen molar-refractivity contribution in [2.45, 2.75) is 70.9 Å². The summed E-state index contributed by atoms with van der Waals surface area (Å²) < 4.78 is 8.25. The van der Waals surface area contributed by atoms with E-state index in [-0.39, 0.29) is 11.2 Å². The molecule has 1 aromatic carbocycles. The molecule has 7 heteroatoms. The number of hydrogen-bond donors (Lipinski definition) is 1. The zero-order chi connectivity index (χ0) is 21.1. The van der Waals surface area contributed by atoms with Crippen LogP contribution in [-0.2, 0) is 19.5 Å². The molecule has 0 amide bonds. The largest absolute Gasteiger partial charge is 0.497 e. The Hall–Kier alpha value is -2.83. The van der Waals surface area contributed by atoms with Crippen LogP contribution in [0.1, 0.15) is 62.8 Å². The molecule has 1 N–H and O–H groups in total. The van der Waals surface area contributed by atoms with E-state index >= 15 is 0 Å². The van der Waals surface area contributed by atoms with Gasteiger partial charge in [0.2, 0.25) is 0 Å². The number of fused-ring (bicyclic) bond motifs is 1. The van der Waals surface area contributed by atoms with Gasteiger partial charge in [-0.15, -0.1) is 0 Å². The Balaban J connectivity index is 1.65. The summed E-state index contributed by atoms with van der Waals surface area (Å²) in [4.78, 5) is 34.1. The molecular weight excluding hydrogens is 380 g/mol. The number of nitrogens with one attached hydrogen (secondary N) is 1. The van der Waals surface area contributed by atoms with Gasteiger partial charge in [0, 0.05) is 19.0 Å². The van der Waals surface area contributed by atoms with Crippen molar-refractivity contribution in [1.82, 2.24) is 19.1 Å². The van der Waals surface area contributed by atoms with Gasteiger partial charge in [-0.1, -0.05) is 31.9 Å². The lowest BCUT2D eigenvalue weighted by atomic mass is 10.1. The summed E-state index contributed by atoms with van der Waals surface area (Å²) in [5, 5.41) is 0. The normalized spacial score (nSPS) is 14.6. The number of rotatable bonds is 8. The van der Waals surface area contributed by atoms with E-state index in [1.54, 1.807) is 11.7 Å². The first-order valence-corrected chi connectivity index (χ1v) is 11.0. The summed E-state index contributed by atoms with van der Waals surface area (Å²) in [6.07, 6.45) is 6.92. The smallest absolute Gasteiger partial charge is 0.332 e. The number of methoxy groups -OCH3 is 1. The van der Waals surface area contributed by atoms with Crippen molar-refractivity contribution in [3.63, 3.8) is 0 Å². The highest BCUT2D eigenvalue weighted by Gasteiger charge is 2.23. The second-order valence-electron chi connectivity index (χ2n) is 8.14. The molecule has 1 fully saturated rings. The van der Waals surface area contributed by atoms with Crippen LogP contribution in [0.3, 0.4) is 0 Å². The summed E-state index contributed by atoms with van der Waals surface area (Å²) in [6, 6.07) is 7.98. The van der Waals surface area contributed by atoms with Crippen molar-refractivity contribution in [2.75, 3.05) is 7.11 Å². The number of ether oxygens (including phenoxy) is 1. The van der Waals surface area contributed by atoms with Gasteiger partial charge in [0.05, 0.1) is 7.11 Å². The van der Waals surface area contributed by atoms with E-state index in [1.165, 1.54) is 23.0 Å². The van der Waals surface area contributed by atoms with E-state index in [4.69, 9.17) is 9.72 Å². The van der Waals surface area contributed by atoms with E-state index in [9.17, 15) is 9.59 Å². The Kier molecular flexibility index (Phi) is 6.06. The summed E-state index contributed by atoms with van der Waals surface area (Å²) in [7, 11) is 1.65. The standard InChI is InChI=1S/C23H30N4O3/c1-3-14-27-22(28)19-21(25-20(24-19)17-8-4-5-9-17)26(23(27)29)15-6-7-16-10-12-18(30-2)13-11-16/h10-13,17H,3-9,14-15H2,1-2H3,(H,24,25). The lowest BCUT2D eigenvalue weighted by Crippen LogP contribution is -2.40. The molecule has 0 radical (unpaired) electrons. The first-order chi connectivity index (χ1) is 14.6. The number of hydrogen-bond acceptors (Lipinski definition) is 4. The Labute approximate surface area is 175 Å². The number of aromatic amines is 1. The van der Waals surface area contributed by atoms with Crippen LogP contribution in [0.15, 0.2) is 33.9 Å². The number of aryl methyl sites for hydroxylation is 2. The van der Waals surface area contributed by atoms with Gasteiger partial charge in [-0.3, -0.25) is 13.9 Å². The van der Waals surface area contributed by atoms with Crippen molar-refractivity contribution in [1.29, 1.82) is 0 Å². The fourth-order valence-corrected chi connectivity index (χ4v) is 4.43. The Morgan fingerprint density at radius 3 is 2.50 bits per heavy atom. The lowest BCUT2D eigenvalue weighted by Gasteiger charge is -2.11. The predicted octanol–water partition coefficient (Wildman–Crippen LogP) is 3.60. The molecule has 1 aliphatic rings. The Bertz CT molecular complexity index is 1120. The fourth-order valence-electron chi connectivity index (χ4n) is 4.43. The highest BCUT2D eigenvalue weighted by Crippen LogP contribution is 2.32. The third-order valence-electron chi connectivity index (χ3n) is 6.07. The predicted molar refractivity (Wildman–Crippen MR) is 117 cm³/mol. The Morgan fingerprint density at radius 1 is 1.10 bits per heavy atom. The van der Waals surface area contributed by atoms with Gasteiger partial charge in [0.1, 0.15) is 17.1 Å². The fraction of sp³-hybridized carbons (Fsp3) is 0.522. The molecule has 0 atom stereocenters. The zero-order valence-corrected chi connectivity index (χ0v) is 17.8. The van der Waals surface area contributed by atoms with E-state index in [0.717, 1.165) is 43.7 Å². The van der Waals surface area contributed by atoms with Crippen LogP contribution in [0.5, 0.6) is 5.75 Å². The van der Waals surface area contributed by atoms with Crippen LogP contribution in [0, 0.1) is 0 Å². The van der Waals surface area contributed by atoms with Crippen molar-refractivity contribution in [2.24, 2.45) is 0 Å². The molecule has 3 aromatic rings. The lowest BCUT2D eigenvalue weighted by molar-refractivity contribution is 0.414. The van der Waals surface area contributed by atoms with Gasteiger partial charge in [-0.25, -0.2) is 9.78 Å². The Morgan fingerprint density at radius 2 is 1.83 bits per heavy atom. The van der Waals surface area contributed by atoms with Crippen LogP contribution < -0.4 is 16.0 Å². The maximum absolute atomic E-state index is 13.1. The third-order valence-corrected chi connectivity index (χ3v) is 6.07. The van der Waals surface area contributed by atoms with Gasteiger partial charge in [0.25, 0.3) is 5.56 Å². The minimum atomic E-state index is -0.256. The molecule has 160 valence electrons. The van der Waals surface area contributed by atoms with E-state index < -0.39 is 0 Å². The molecule has 1 saturated carbocycles. The van der Waals surface area contributed by atoms with Crippen molar-refractivity contribution < 1.29 is 4.74 Å². The van der Waals surface area contributed by atoms with Crippen molar-refractivity contribution >= 4 is 11.2 Å². The van der Waals surface area contributed by atoms with Crippen LogP contribution in [0.25, 0.3) is 11.2 Å². The van der Waals surface area contributed by atoms with Gasteiger partial charge in [-0.2, -0.15) is 0 Å². The van der Waals surface area contributed by atoms with E-state index in [2.05, 4.69) is 4.98 Å². The van der Waals surface area contributed by atoms with Crippen LogP contribution in [-0.4, -0.2) is 26.2 Å². The quantitative estimate of drug-likeness (QED) is 0.615. The molecule has 0 saturated heterocycles. The summed E-state index contributed by atoms with van der Waals surface area (Å²) in [6.45, 7) is 2.92. The monoisotopic (exact) mass is 410 g/mol. The highest BCUT2D eigenvalue weighted by atomic mass is 16.5. The molecule has 0 unspecified atom stereocenters. The molecule has 2 heterocycles. The first kappa shape index (κ1) is 20.4. The van der Waals surface area contributed by atoms with Gasteiger partial charge < -0.3 is 9.72 Å². The first-order valence-electron chi connectivity index (χ1n) is 11.0. The molecule has 30 heavy (non-hydrogen) atoms.